The molecule has 11 heavy (non-hydrogen) atoms. The number of hydrogen-bond acceptors (Lipinski definition) is 5. The predicted molar refractivity (Wildman–Crippen MR) is 44.2 cm³/mol. The molecule has 0 aliphatic heterocycles. The SMILES string of the molecule is NSOOC1CCCC(N)C1. The fourth-order valence-corrected chi connectivity index (χ4v) is 1.50. The lowest BCUT2D eigenvalue weighted by Gasteiger charge is -2.24. The van der Waals surface area contributed by atoms with Gasteiger partial charge in [-0.2, -0.15) is 0 Å². The Morgan fingerprint density at radius 1 is 1.36 bits per heavy atom. The molecule has 0 saturated heterocycles. The average molecular weight is 178 g/mol. The van der Waals surface area contributed by atoms with Crippen LogP contribution in [0, 0.1) is 0 Å². The Hall–Kier alpha value is 0.190. The first-order chi connectivity index (χ1) is 5.33. The van der Waals surface area contributed by atoms with Gasteiger partial charge in [0, 0.05) is 6.04 Å². The first-order valence-electron chi connectivity index (χ1n) is 3.77. The molecule has 1 aliphatic rings. The second-order valence-corrected chi connectivity index (χ2v) is 3.14. The topological polar surface area (TPSA) is 70.5 Å². The van der Waals surface area contributed by atoms with E-state index in [1.54, 1.807) is 0 Å². The molecule has 4 N–H and O–H groups in total. The zero-order chi connectivity index (χ0) is 8.10. The molecule has 4 nitrogen and oxygen atoms in total. The average Bonchev–Trinajstić information content (AvgIpc) is 2.01. The minimum absolute atomic E-state index is 0.134. The van der Waals surface area contributed by atoms with E-state index in [0.29, 0.717) is 0 Å². The highest BCUT2D eigenvalue weighted by Gasteiger charge is 2.20. The zero-order valence-electron chi connectivity index (χ0n) is 6.36. The van der Waals surface area contributed by atoms with Crippen molar-refractivity contribution in [1.29, 1.82) is 0 Å². The van der Waals surface area contributed by atoms with Gasteiger partial charge in [0.1, 0.15) is 12.2 Å². The molecular weight excluding hydrogens is 164 g/mol. The van der Waals surface area contributed by atoms with Crippen LogP contribution in [0.25, 0.3) is 0 Å². The first-order valence-corrected chi connectivity index (χ1v) is 4.58. The van der Waals surface area contributed by atoms with Crippen LogP contribution in [0.4, 0.5) is 0 Å². The number of hydrogen-bond donors (Lipinski definition) is 2. The molecule has 2 unspecified atom stereocenters. The van der Waals surface area contributed by atoms with Crippen molar-refractivity contribution >= 4 is 12.2 Å². The van der Waals surface area contributed by atoms with Crippen LogP contribution in [-0.4, -0.2) is 12.1 Å². The van der Waals surface area contributed by atoms with Crippen LogP contribution in [-0.2, 0) is 9.22 Å². The normalized spacial score (nSPS) is 32.2. The third-order valence-electron chi connectivity index (χ3n) is 1.88. The molecule has 0 radical (unpaired) electrons. The Kier molecular flexibility index (Phi) is 4.17. The van der Waals surface area contributed by atoms with E-state index in [9.17, 15) is 0 Å². The minimum atomic E-state index is 0.134. The van der Waals surface area contributed by atoms with Crippen LogP contribution in [0.3, 0.4) is 0 Å². The lowest BCUT2D eigenvalue weighted by molar-refractivity contribution is -0.238. The van der Waals surface area contributed by atoms with Crippen molar-refractivity contribution in [2.75, 3.05) is 0 Å². The fraction of sp³-hybridized carbons (Fsp3) is 1.00. The van der Waals surface area contributed by atoms with E-state index in [2.05, 4.69) is 4.33 Å². The summed E-state index contributed by atoms with van der Waals surface area (Å²) >= 11 is 0.733. The van der Waals surface area contributed by atoms with Gasteiger partial charge in [0.25, 0.3) is 0 Å². The predicted octanol–water partition coefficient (Wildman–Crippen LogP) is 0.726. The third-order valence-corrected chi connectivity index (χ3v) is 2.04. The highest BCUT2D eigenvalue weighted by Crippen LogP contribution is 2.20. The molecule has 0 aromatic carbocycles. The van der Waals surface area contributed by atoms with Gasteiger partial charge in [-0.25, -0.2) is 4.89 Å². The standard InChI is InChI=1S/C6H14N2O2S/c7-5-2-1-3-6(4-5)9-10-11-8/h5-6H,1-4,7-8H2. The van der Waals surface area contributed by atoms with E-state index in [-0.39, 0.29) is 12.1 Å². The molecule has 0 bridgehead atoms. The van der Waals surface area contributed by atoms with Crippen LogP contribution >= 0.6 is 12.2 Å². The molecule has 0 heterocycles. The second kappa shape index (κ2) is 4.95. The van der Waals surface area contributed by atoms with Crippen LogP contribution in [0.1, 0.15) is 25.7 Å². The van der Waals surface area contributed by atoms with Crippen molar-refractivity contribution in [3.8, 4) is 0 Å². The van der Waals surface area contributed by atoms with Gasteiger partial charge in [0.15, 0.2) is 0 Å². The monoisotopic (exact) mass is 178 g/mol. The van der Waals surface area contributed by atoms with Crippen molar-refractivity contribution in [3.05, 3.63) is 0 Å². The summed E-state index contributed by atoms with van der Waals surface area (Å²) in [4.78, 5) is 4.96. The molecule has 0 amide bonds. The van der Waals surface area contributed by atoms with Gasteiger partial charge in [0.05, 0.1) is 6.10 Å². The minimum Gasteiger partial charge on any atom is -0.328 e. The Bertz CT molecular complexity index is 115. The molecule has 2 atom stereocenters. The van der Waals surface area contributed by atoms with Crippen LogP contribution in [0.5, 0.6) is 0 Å². The maximum absolute atomic E-state index is 5.72. The van der Waals surface area contributed by atoms with Crippen molar-refractivity contribution in [1.82, 2.24) is 0 Å². The lowest BCUT2D eigenvalue weighted by atomic mass is 9.94. The summed E-state index contributed by atoms with van der Waals surface area (Å²) in [6.45, 7) is 0. The smallest absolute Gasteiger partial charge is 0.115 e. The van der Waals surface area contributed by atoms with Crippen LogP contribution in [0.2, 0.25) is 0 Å². The zero-order valence-corrected chi connectivity index (χ0v) is 7.18. The summed E-state index contributed by atoms with van der Waals surface area (Å²) < 4.78 is 4.56. The van der Waals surface area contributed by atoms with E-state index in [4.69, 9.17) is 15.8 Å². The first kappa shape index (κ1) is 9.28. The maximum Gasteiger partial charge on any atom is 0.115 e. The van der Waals surface area contributed by atoms with E-state index in [0.717, 1.165) is 37.9 Å². The molecule has 0 spiro atoms. The van der Waals surface area contributed by atoms with Crippen LogP contribution in [0.15, 0.2) is 0 Å². The van der Waals surface area contributed by atoms with Gasteiger partial charge in [-0.15, -0.1) is 4.33 Å². The second-order valence-electron chi connectivity index (χ2n) is 2.81. The largest absolute Gasteiger partial charge is 0.328 e. The van der Waals surface area contributed by atoms with Gasteiger partial charge in [-0.05, 0) is 25.7 Å². The maximum atomic E-state index is 5.72. The molecule has 1 fully saturated rings. The lowest BCUT2D eigenvalue weighted by Crippen LogP contribution is -2.31. The quantitative estimate of drug-likeness (QED) is 0.288. The summed E-state index contributed by atoms with van der Waals surface area (Å²) in [5, 5.41) is 5.02. The third kappa shape index (κ3) is 3.39. The van der Waals surface area contributed by atoms with Crippen molar-refractivity contribution in [2.24, 2.45) is 10.9 Å². The van der Waals surface area contributed by atoms with Crippen molar-refractivity contribution in [3.63, 3.8) is 0 Å². The van der Waals surface area contributed by atoms with Gasteiger partial charge >= 0.3 is 0 Å². The Balaban J connectivity index is 2.12. The molecule has 0 aromatic heterocycles. The Morgan fingerprint density at radius 3 is 2.82 bits per heavy atom. The van der Waals surface area contributed by atoms with E-state index >= 15 is 0 Å². The van der Waals surface area contributed by atoms with Gasteiger partial charge in [-0.3, -0.25) is 5.14 Å². The summed E-state index contributed by atoms with van der Waals surface area (Å²) in [7, 11) is 0. The summed E-state index contributed by atoms with van der Waals surface area (Å²) in [5.41, 5.74) is 5.72. The van der Waals surface area contributed by atoms with Gasteiger partial charge in [-0.1, -0.05) is 0 Å². The van der Waals surface area contributed by atoms with Crippen molar-refractivity contribution in [2.45, 2.75) is 37.8 Å². The molecule has 1 saturated carbocycles. The molecule has 5 heteroatoms. The molecule has 66 valence electrons. The highest BCUT2D eigenvalue weighted by molar-refractivity contribution is 7.92. The number of rotatable bonds is 3. The van der Waals surface area contributed by atoms with E-state index in [1.165, 1.54) is 0 Å². The van der Waals surface area contributed by atoms with E-state index in [1.807, 2.05) is 0 Å². The summed E-state index contributed by atoms with van der Waals surface area (Å²) in [6, 6.07) is 0.264. The molecule has 0 aromatic rings. The van der Waals surface area contributed by atoms with E-state index < -0.39 is 0 Å². The Labute approximate surface area is 70.9 Å². The van der Waals surface area contributed by atoms with Gasteiger partial charge in [0.2, 0.25) is 0 Å². The highest BCUT2D eigenvalue weighted by atomic mass is 32.2. The molecule has 1 rings (SSSR count). The fourth-order valence-electron chi connectivity index (χ4n) is 1.35. The van der Waals surface area contributed by atoms with Crippen molar-refractivity contribution < 1.29 is 9.22 Å². The van der Waals surface area contributed by atoms with Crippen LogP contribution < -0.4 is 10.9 Å². The molecule has 1 aliphatic carbocycles. The molecular formula is C6H14N2O2S. The Morgan fingerprint density at radius 2 is 2.18 bits per heavy atom. The summed E-state index contributed by atoms with van der Waals surface area (Å²) in [6.07, 6.45) is 4.24. The van der Waals surface area contributed by atoms with Gasteiger partial charge < -0.3 is 5.73 Å². The summed E-state index contributed by atoms with van der Waals surface area (Å²) in [5.74, 6) is 0. The number of nitrogens with two attached hydrogens (primary N) is 2.